The summed E-state index contributed by atoms with van der Waals surface area (Å²) in [5, 5.41) is 8.83. The van der Waals surface area contributed by atoms with Crippen molar-refractivity contribution >= 4 is 41.2 Å². The maximum atomic E-state index is 14.7. The number of carbonyl (C=O) groups excluding carboxylic acids is 5. The number of halogens is 1. The van der Waals surface area contributed by atoms with Crippen molar-refractivity contribution in [2.45, 2.75) is 108 Å². The maximum absolute atomic E-state index is 14.7. The molecular formula is C46H59ClN6O8. The molecule has 2 fully saturated rings. The van der Waals surface area contributed by atoms with E-state index in [1.54, 1.807) is 19.2 Å². The Morgan fingerprint density at radius 1 is 0.869 bits per heavy atom. The van der Waals surface area contributed by atoms with Crippen LogP contribution in [0.2, 0.25) is 5.02 Å². The van der Waals surface area contributed by atoms with Gasteiger partial charge in [0.15, 0.2) is 0 Å². The fourth-order valence-corrected chi connectivity index (χ4v) is 7.55. The van der Waals surface area contributed by atoms with Gasteiger partial charge in [-0.05, 0) is 105 Å². The topological polar surface area (TPSA) is 204 Å². The molecule has 1 saturated heterocycles. The normalized spacial score (nSPS) is 18.4. The quantitative estimate of drug-likeness (QED) is 0.0558. The van der Waals surface area contributed by atoms with Crippen molar-refractivity contribution in [3.63, 3.8) is 0 Å². The Hall–Kier alpha value is -5.28. The van der Waals surface area contributed by atoms with Crippen LogP contribution in [-0.2, 0) is 48.3 Å². The highest BCUT2D eigenvalue weighted by Crippen LogP contribution is 2.26. The van der Waals surface area contributed by atoms with Crippen molar-refractivity contribution in [2.24, 2.45) is 11.5 Å². The zero-order valence-electron chi connectivity index (χ0n) is 34.8. The molecule has 7 N–H and O–H groups in total. The summed E-state index contributed by atoms with van der Waals surface area (Å²) >= 11 is 6.09. The second kappa shape index (κ2) is 24.2. The average Bonchev–Trinajstić information content (AvgIpc) is 3.72. The number of Topliss-reactive ketones (excluding diaryl/α,β-unsaturated/α-hetero) is 1. The zero-order chi connectivity index (χ0) is 43.6. The Kier molecular flexibility index (Phi) is 18.6. The van der Waals surface area contributed by atoms with Gasteiger partial charge in [-0.3, -0.25) is 19.2 Å². The minimum Gasteiger partial charge on any atom is -0.497 e. The van der Waals surface area contributed by atoms with E-state index in [0.717, 1.165) is 47.9 Å². The van der Waals surface area contributed by atoms with Gasteiger partial charge in [0.2, 0.25) is 17.6 Å². The number of allylic oxidation sites excluding steroid dienone is 1. The maximum Gasteiger partial charge on any atom is 0.408 e. The van der Waals surface area contributed by atoms with Gasteiger partial charge >= 0.3 is 6.09 Å². The van der Waals surface area contributed by atoms with Crippen molar-refractivity contribution in [1.82, 2.24) is 20.9 Å². The van der Waals surface area contributed by atoms with E-state index in [4.69, 9.17) is 37.3 Å². The highest BCUT2D eigenvalue weighted by molar-refractivity contribution is 6.38. The number of benzene rings is 3. The molecule has 61 heavy (non-hydrogen) atoms. The molecule has 0 bridgehead atoms. The number of ketones is 1. The molecule has 3 aromatic rings. The molecule has 14 nitrogen and oxygen atoms in total. The number of ether oxygens (including phenoxy) is 3. The lowest BCUT2D eigenvalue weighted by molar-refractivity contribution is -0.142. The van der Waals surface area contributed by atoms with Crippen molar-refractivity contribution in [2.75, 3.05) is 26.7 Å². The first-order chi connectivity index (χ1) is 29.5. The van der Waals surface area contributed by atoms with Gasteiger partial charge < -0.3 is 46.5 Å². The fraction of sp³-hybridized carbons (Fsp3) is 0.457. The molecule has 15 heteroatoms. The number of carbonyl (C=O) groups is 5. The number of hydrogen-bond acceptors (Lipinski definition) is 10. The molecule has 0 spiro atoms. The lowest BCUT2D eigenvalue weighted by atomic mass is 9.90. The standard InChI is InChI=1S/C46H59ClN6O8/c1-59-37-21-14-32(15-22-37)24-26-50-44(56)42(54)39(9-5-6-25-48)51-43(55)41-27-38(60-29-34-10-17-35(47)18-11-34)28-53(41)45(57)40(23-16-31-12-19-36(49)20-13-31)52-46(58)61-30-33-7-3-2-4-8-33/h2-4,7-8,10-11,14-18,21-22,36,38-41H,5-6,9,12-13,19-20,23-30,48-49H2,1H3,(H,50,56)(H,51,55)(H,52,58)/t36?,38-,39+,40-,41+/m1/s1. The van der Waals surface area contributed by atoms with E-state index >= 15 is 0 Å². The number of nitrogens with two attached hydrogens (primary N) is 2. The molecule has 1 aliphatic heterocycles. The number of rotatable bonds is 21. The molecule has 4 amide bonds. The SMILES string of the molecule is COc1ccc(CCNC(=O)C(=O)[C@H](CCCCN)NC(=O)[C@@H]2C[C@@H](OCc3ccc(Cl)cc3)CN2C(=O)[C@@H](CC=C2CCC(N)CC2)NC(=O)OCc2ccccc2)cc1. The molecule has 328 valence electrons. The Balaban J connectivity index is 1.33. The number of alkyl carbamates (subject to hydrolysis) is 1. The van der Waals surface area contributed by atoms with Crippen molar-refractivity contribution in [3.05, 3.63) is 112 Å². The summed E-state index contributed by atoms with van der Waals surface area (Å²) in [5.74, 6) is -2.05. The Bertz CT molecular complexity index is 1920. The molecule has 4 atom stereocenters. The summed E-state index contributed by atoms with van der Waals surface area (Å²) in [7, 11) is 1.58. The Morgan fingerprint density at radius 3 is 2.25 bits per heavy atom. The number of nitrogens with zero attached hydrogens (tertiary/aromatic N) is 1. The first-order valence-corrected chi connectivity index (χ1v) is 21.4. The molecule has 1 heterocycles. The van der Waals surface area contributed by atoms with Gasteiger partial charge in [-0.15, -0.1) is 0 Å². The Morgan fingerprint density at radius 2 is 1.56 bits per heavy atom. The molecule has 0 aromatic heterocycles. The second-order valence-electron chi connectivity index (χ2n) is 15.6. The van der Waals surface area contributed by atoms with Crippen LogP contribution in [0.3, 0.4) is 0 Å². The summed E-state index contributed by atoms with van der Waals surface area (Å²) in [6.45, 7) is 0.785. The van der Waals surface area contributed by atoms with Crippen LogP contribution in [0.1, 0.15) is 74.5 Å². The van der Waals surface area contributed by atoms with Gasteiger partial charge in [0.25, 0.3) is 5.91 Å². The van der Waals surface area contributed by atoms with Gasteiger partial charge in [0.1, 0.15) is 24.4 Å². The average molecular weight is 859 g/mol. The third-order valence-electron chi connectivity index (χ3n) is 11.0. The van der Waals surface area contributed by atoms with Crippen LogP contribution in [0.15, 0.2) is 90.5 Å². The smallest absolute Gasteiger partial charge is 0.408 e. The van der Waals surface area contributed by atoms with Gasteiger partial charge in [-0.25, -0.2) is 4.79 Å². The minimum absolute atomic E-state index is 0.00342. The molecule has 0 unspecified atom stereocenters. The van der Waals surface area contributed by atoms with Gasteiger partial charge in [-0.1, -0.05) is 77.8 Å². The van der Waals surface area contributed by atoms with Crippen LogP contribution in [-0.4, -0.2) is 91.5 Å². The largest absolute Gasteiger partial charge is 0.497 e. The summed E-state index contributed by atoms with van der Waals surface area (Å²) < 4.78 is 17.0. The molecule has 5 rings (SSSR count). The molecular weight excluding hydrogens is 800 g/mol. The molecule has 3 aromatic carbocycles. The summed E-state index contributed by atoms with van der Waals surface area (Å²) in [6, 6.07) is 20.5. The zero-order valence-corrected chi connectivity index (χ0v) is 35.6. The molecule has 2 aliphatic rings. The molecule has 1 aliphatic carbocycles. The fourth-order valence-electron chi connectivity index (χ4n) is 7.42. The van der Waals surface area contributed by atoms with Crippen LogP contribution in [0.25, 0.3) is 0 Å². The van der Waals surface area contributed by atoms with Crippen molar-refractivity contribution in [1.29, 1.82) is 0 Å². The van der Waals surface area contributed by atoms with E-state index in [-0.39, 0.29) is 51.6 Å². The van der Waals surface area contributed by atoms with Gasteiger partial charge in [0, 0.05) is 30.6 Å². The summed E-state index contributed by atoms with van der Waals surface area (Å²) in [6.07, 6.45) is 5.76. The lowest BCUT2D eigenvalue weighted by Crippen LogP contribution is -2.56. The predicted octanol–water partition coefficient (Wildman–Crippen LogP) is 4.89. The number of methoxy groups -OCH3 is 1. The van der Waals surface area contributed by atoms with E-state index in [0.29, 0.717) is 36.6 Å². The van der Waals surface area contributed by atoms with E-state index in [2.05, 4.69) is 16.0 Å². The second-order valence-corrected chi connectivity index (χ2v) is 16.0. The van der Waals surface area contributed by atoms with Gasteiger partial charge in [0.05, 0.1) is 25.9 Å². The number of unbranched alkanes of at least 4 members (excludes halogenated alkanes) is 1. The molecule has 1 saturated carbocycles. The third kappa shape index (κ3) is 15.0. The van der Waals surface area contributed by atoms with Crippen molar-refractivity contribution < 1.29 is 38.2 Å². The predicted molar refractivity (Wildman–Crippen MR) is 232 cm³/mol. The number of amides is 4. The third-order valence-corrected chi connectivity index (χ3v) is 11.3. The van der Waals surface area contributed by atoms with E-state index in [9.17, 15) is 24.0 Å². The van der Waals surface area contributed by atoms with Crippen LogP contribution in [0.5, 0.6) is 5.75 Å². The highest BCUT2D eigenvalue weighted by Gasteiger charge is 2.43. The number of hydrogen-bond donors (Lipinski definition) is 5. The monoisotopic (exact) mass is 858 g/mol. The van der Waals surface area contributed by atoms with Crippen LogP contribution in [0, 0.1) is 0 Å². The summed E-state index contributed by atoms with van der Waals surface area (Å²) in [5.41, 5.74) is 15.6. The van der Waals surface area contributed by atoms with Crippen LogP contribution < -0.4 is 32.2 Å². The number of nitrogens with one attached hydrogen (secondary N) is 3. The van der Waals surface area contributed by atoms with Gasteiger partial charge in [-0.2, -0.15) is 0 Å². The first kappa shape index (κ1) is 46.8. The van der Waals surface area contributed by atoms with E-state index < -0.39 is 53.8 Å². The minimum atomic E-state index is -1.17. The lowest BCUT2D eigenvalue weighted by Gasteiger charge is -2.29. The Labute approximate surface area is 363 Å². The van der Waals surface area contributed by atoms with Crippen LogP contribution >= 0.6 is 11.6 Å². The highest BCUT2D eigenvalue weighted by atomic mass is 35.5. The number of likely N-dealkylation sites (tertiary alicyclic amines) is 1. The summed E-state index contributed by atoms with van der Waals surface area (Å²) in [4.78, 5) is 70.5. The van der Waals surface area contributed by atoms with E-state index in [1.165, 1.54) is 4.90 Å². The first-order valence-electron chi connectivity index (χ1n) is 21.1. The van der Waals surface area contributed by atoms with E-state index in [1.807, 2.05) is 72.8 Å². The van der Waals surface area contributed by atoms with Crippen LogP contribution in [0.4, 0.5) is 4.79 Å². The molecule has 0 radical (unpaired) electrons. The van der Waals surface area contributed by atoms with Crippen molar-refractivity contribution in [3.8, 4) is 5.75 Å².